The number of benzene rings is 1. The zero-order valence-electron chi connectivity index (χ0n) is 23.5. The van der Waals surface area contributed by atoms with Crippen LogP contribution in [0.1, 0.15) is 33.3 Å². The summed E-state index contributed by atoms with van der Waals surface area (Å²) >= 11 is 0. The molecule has 0 spiro atoms. The highest BCUT2D eigenvalue weighted by atomic mass is 16.7. The monoisotopic (exact) mass is 585 g/mol. The van der Waals surface area contributed by atoms with E-state index in [2.05, 4.69) is 20.8 Å². The number of tetrazole rings is 1. The predicted octanol–water partition coefficient (Wildman–Crippen LogP) is 1.37. The van der Waals surface area contributed by atoms with Crippen molar-refractivity contribution < 1.29 is 38.3 Å². The van der Waals surface area contributed by atoms with E-state index >= 15 is 0 Å². The molecule has 0 bridgehead atoms. The van der Waals surface area contributed by atoms with Crippen LogP contribution in [0, 0.1) is 27.9 Å². The van der Waals surface area contributed by atoms with Crippen molar-refractivity contribution in [1.82, 2.24) is 30.4 Å². The Labute approximate surface area is 240 Å². The standard InChI is InChI=1S/C26H31N7O9/c1-14(2)10-41-26(37)42-12-19-15(3)22-21(16(4)28-20(34)9-31-13-27-29-30-31)24(35)32(22)23(19)25(36)40-11-17-5-7-18(8-6-17)33(38)39/h5-8,13-16,21-22H,9-12H2,1-4H3,(H,28,34)/t15-,16?,21+,22+/m0/s1. The number of rotatable bonds is 12. The van der Waals surface area contributed by atoms with Crippen molar-refractivity contribution in [3.8, 4) is 0 Å². The van der Waals surface area contributed by atoms with E-state index in [1.54, 1.807) is 13.8 Å². The molecule has 0 saturated carbocycles. The maximum atomic E-state index is 13.4. The van der Waals surface area contributed by atoms with Crippen molar-refractivity contribution in [2.24, 2.45) is 17.8 Å². The van der Waals surface area contributed by atoms with Gasteiger partial charge in [0.05, 0.1) is 23.5 Å². The Morgan fingerprint density at radius 3 is 2.43 bits per heavy atom. The number of β-lactam (4-membered cyclic amide) rings is 1. The summed E-state index contributed by atoms with van der Waals surface area (Å²) in [5.74, 6) is -2.63. The van der Waals surface area contributed by atoms with Crippen molar-refractivity contribution in [3.05, 3.63) is 57.5 Å². The molecule has 224 valence electrons. The average molecular weight is 586 g/mol. The van der Waals surface area contributed by atoms with Crippen LogP contribution in [0.3, 0.4) is 0 Å². The second-order valence-electron chi connectivity index (χ2n) is 10.5. The lowest BCUT2D eigenvalue weighted by molar-refractivity contribution is -0.384. The summed E-state index contributed by atoms with van der Waals surface area (Å²) in [6.07, 6.45) is 0.374. The van der Waals surface area contributed by atoms with Crippen molar-refractivity contribution in [2.45, 2.75) is 52.9 Å². The van der Waals surface area contributed by atoms with Gasteiger partial charge in [-0.2, -0.15) is 0 Å². The highest BCUT2D eigenvalue weighted by Crippen LogP contribution is 2.47. The zero-order valence-corrected chi connectivity index (χ0v) is 23.5. The molecular formula is C26H31N7O9. The molecule has 2 aliphatic heterocycles. The average Bonchev–Trinajstić information content (AvgIpc) is 3.53. The second kappa shape index (κ2) is 12.7. The van der Waals surface area contributed by atoms with E-state index in [1.807, 2.05) is 13.8 Å². The third-order valence-electron chi connectivity index (χ3n) is 7.01. The summed E-state index contributed by atoms with van der Waals surface area (Å²) in [7, 11) is 0. The minimum absolute atomic E-state index is 0.0421. The Balaban J connectivity index is 1.49. The number of nitrogens with zero attached hydrogens (tertiary/aromatic N) is 6. The smallest absolute Gasteiger partial charge is 0.456 e. The van der Waals surface area contributed by atoms with Crippen LogP contribution in [-0.4, -0.2) is 79.3 Å². The highest BCUT2D eigenvalue weighted by Gasteiger charge is 2.60. The normalized spacial score (nSPS) is 20.1. The summed E-state index contributed by atoms with van der Waals surface area (Å²) in [6.45, 7) is 6.70. The molecule has 2 aromatic rings. The molecule has 1 unspecified atom stereocenters. The lowest BCUT2D eigenvalue weighted by Gasteiger charge is -2.48. The van der Waals surface area contributed by atoms with Crippen LogP contribution in [0.2, 0.25) is 0 Å². The van der Waals surface area contributed by atoms with E-state index < -0.39 is 52.8 Å². The van der Waals surface area contributed by atoms with E-state index in [-0.39, 0.29) is 43.7 Å². The Morgan fingerprint density at radius 1 is 1.10 bits per heavy atom. The molecule has 4 atom stereocenters. The van der Waals surface area contributed by atoms with Gasteiger partial charge in [0.15, 0.2) is 0 Å². The van der Waals surface area contributed by atoms with Gasteiger partial charge in [0.2, 0.25) is 11.8 Å². The van der Waals surface area contributed by atoms with Crippen molar-refractivity contribution in [2.75, 3.05) is 13.2 Å². The van der Waals surface area contributed by atoms with E-state index in [1.165, 1.54) is 40.2 Å². The molecule has 4 rings (SSSR count). The van der Waals surface area contributed by atoms with Gasteiger partial charge in [-0.3, -0.25) is 19.7 Å². The first kappa shape index (κ1) is 30.1. The lowest BCUT2D eigenvalue weighted by Crippen LogP contribution is -2.66. The number of non-ortho nitro benzene ring substituents is 1. The molecule has 1 aromatic carbocycles. The summed E-state index contributed by atoms with van der Waals surface area (Å²) in [4.78, 5) is 63.1. The quantitative estimate of drug-likeness (QED) is 0.163. The molecular weight excluding hydrogens is 554 g/mol. The minimum atomic E-state index is -0.914. The molecule has 16 nitrogen and oxygen atoms in total. The predicted molar refractivity (Wildman–Crippen MR) is 141 cm³/mol. The molecule has 1 aromatic heterocycles. The Hall–Kier alpha value is -4.89. The Bertz CT molecular complexity index is 1370. The van der Waals surface area contributed by atoms with Gasteiger partial charge in [-0.1, -0.05) is 20.8 Å². The van der Waals surface area contributed by atoms with Crippen molar-refractivity contribution in [3.63, 3.8) is 0 Å². The fourth-order valence-electron chi connectivity index (χ4n) is 4.97. The van der Waals surface area contributed by atoms with Crippen LogP contribution in [-0.2, 0) is 41.7 Å². The Morgan fingerprint density at radius 2 is 1.81 bits per heavy atom. The van der Waals surface area contributed by atoms with Gasteiger partial charge in [-0.05, 0) is 41.0 Å². The largest absolute Gasteiger partial charge is 0.508 e. The fraction of sp³-hybridized carbons (Fsp3) is 0.500. The van der Waals surface area contributed by atoms with Crippen LogP contribution in [0.4, 0.5) is 10.5 Å². The SMILES string of the molecule is CC(C)COC(=O)OCC1=C(C(=O)OCc2ccc([N+](=O)[O-])cc2)N2C(=O)[C@H](C(C)NC(=O)Cn3cnnn3)[C@H]2[C@H]1C. The molecule has 0 aliphatic carbocycles. The first-order valence-corrected chi connectivity index (χ1v) is 13.2. The van der Waals surface area contributed by atoms with Crippen LogP contribution >= 0.6 is 0 Å². The number of hydrogen-bond donors (Lipinski definition) is 1. The number of nitro benzene ring substituents is 1. The van der Waals surface area contributed by atoms with Gasteiger partial charge < -0.3 is 24.4 Å². The van der Waals surface area contributed by atoms with Gasteiger partial charge in [-0.25, -0.2) is 14.3 Å². The number of carbonyl (C=O) groups is 4. The van der Waals surface area contributed by atoms with Crippen LogP contribution < -0.4 is 5.32 Å². The molecule has 2 amide bonds. The van der Waals surface area contributed by atoms with Gasteiger partial charge in [-0.15, -0.1) is 5.10 Å². The van der Waals surface area contributed by atoms with E-state index in [0.29, 0.717) is 11.1 Å². The summed E-state index contributed by atoms with van der Waals surface area (Å²) < 4.78 is 17.1. The number of hydrogen-bond acceptors (Lipinski definition) is 12. The fourth-order valence-corrected chi connectivity index (χ4v) is 4.97. The summed E-state index contributed by atoms with van der Waals surface area (Å²) in [5, 5.41) is 24.3. The topological polar surface area (TPSA) is 198 Å². The van der Waals surface area contributed by atoms with Gasteiger partial charge in [0.1, 0.15) is 31.8 Å². The zero-order chi connectivity index (χ0) is 30.6. The maximum Gasteiger partial charge on any atom is 0.508 e. The molecule has 1 fully saturated rings. The number of amides is 2. The highest BCUT2D eigenvalue weighted by molar-refractivity contribution is 6.01. The second-order valence-corrected chi connectivity index (χ2v) is 10.5. The number of carbonyl (C=O) groups excluding carboxylic acids is 4. The van der Waals surface area contributed by atoms with Crippen LogP contribution in [0.5, 0.6) is 0 Å². The number of aromatic nitrogens is 4. The van der Waals surface area contributed by atoms with Gasteiger partial charge in [0, 0.05) is 29.7 Å². The first-order chi connectivity index (χ1) is 20.0. The van der Waals surface area contributed by atoms with Crippen molar-refractivity contribution >= 4 is 29.6 Å². The Kier molecular flexibility index (Phi) is 9.12. The number of ether oxygens (including phenoxy) is 3. The maximum absolute atomic E-state index is 13.4. The molecule has 2 aliphatic rings. The van der Waals surface area contributed by atoms with Crippen LogP contribution in [0.15, 0.2) is 41.9 Å². The van der Waals surface area contributed by atoms with Gasteiger partial charge >= 0.3 is 12.1 Å². The third kappa shape index (κ3) is 6.53. The summed E-state index contributed by atoms with van der Waals surface area (Å²) in [5.41, 5.74) is 0.720. The molecule has 42 heavy (non-hydrogen) atoms. The van der Waals surface area contributed by atoms with E-state index in [9.17, 15) is 29.3 Å². The summed E-state index contributed by atoms with van der Waals surface area (Å²) in [6, 6.07) is 4.39. The molecule has 1 saturated heterocycles. The number of nitro groups is 1. The van der Waals surface area contributed by atoms with Crippen molar-refractivity contribution in [1.29, 1.82) is 0 Å². The van der Waals surface area contributed by atoms with Gasteiger partial charge in [0.25, 0.3) is 5.69 Å². The molecule has 3 heterocycles. The first-order valence-electron chi connectivity index (χ1n) is 13.2. The number of esters is 1. The number of nitrogens with one attached hydrogen (secondary N) is 1. The third-order valence-corrected chi connectivity index (χ3v) is 7.01. The van der Waals surface area contributed by atoms with Crippen LogP contribution in [0.25, 0.3) is 0 Å². The number of fused-ring (bicyclic) bond motifs is 1. The molecule has 1 N–H and O–H groups in total. The molecule has 0 radical (unpaired) electrons. The molecule has 16 heteroatoms. The van der Waals surface area contributed by atoms with E-state index in [0.717, 1.165) is 0 Å². The van der Waals surface area contributed by atoms with E-state index in [4.69, 9.17) is 14.2 Å². The lowest BCUT2D eigenvalue weighted by atomic mass is 9.76. The minimum Gasteiger partial charge on any atom is -0.456 e.